The summed E-state index contributed by atoms with van der Waals surface area (Å²) in [5, 5.41) is 6.72. The van der Waals surface area contributed by atoms with Crippen molar-refractivity contribution in [3.63, 3.8) is 0 Å². The summed E-state index contributed by atoms with van der Waals surface area (Å²) in [6.07, 6.45) is 0. The molecule has 0 saturated heterocycles. The fourth-order valence-corrected chi connectivity index (χ4v) is 2.78. The van der Waals surface area contributed by atoms with Crippen LogP contribution in [-0.4, -0.2) is 25.3 Å². The molecule has 7 nitrogen and oxygen atoms in total. The lowest BCUT2D eigenvalue weighted by atomic mass is 10.1. The molecule has 28 heavy (non-hydrogen) atoms. The van der Waals surface area contributed by atoms with E-state index in [9.17, 15) is 4.79 Å². The molecule has 2 aromatic carbocycles. The van der Waals surface area contributed by atoms with Gasteiger partial charge in [-0.15, -0.1) is 0 Å². The number of carbonyl (C=O) groups excluding carboxylic acids is 1. The Labute approximate surface area is 163 Å². The van der Waals surface area contributed by atoms with Crippen LogP contribution in [0.5, 0.6) is 17.2 Å². The van der Waals surface area contributed by atoms with E-state index in [1.165, 1.54) is 0 Å². The number of carbonyl (C=O) groups is 1. The van der Waals surface area contributed by atoms with Gasteiger partial charge in [0.2, 0.25) is 5.75 Å². The highest BCUT2D eigenvalue weighted by Crippen LogP contribution is 2.37. The second-order valence-corrected chi connectivity index (χ2v) is 6.18. The first-order valence-corrected chi connectivity index (χ1v) is 8.70. The Morgan fingerprint density at radius 1 is 1.04 bits per heavy atom. The normalized spacial score (nSPS) is 10.4. The number of rotatable bonds is 7. The van der Waals surface area contributed by atoms with Gasteiger partial charge in [-0.25, -0.2) is 0 Å². The predicted molar refractivity (Wildman–Crippen MR) is 104 cm³/mol. The van der Waals surface area contributed by atoms with Gasteiger partial charge in [0.25, 0.3) is 5.91 Å². The molecule has 0 bridgehead atoms. The van der Waals surface area contributed by atoms with E-state index in [-0.39, 0.29) is 18.2 Å². The van der Waals surface area contributed by atoms with Crippen molar-refractivity contribution in [3.8, 4) is 17.2 Å². The average Bonchev–Trinajstić information content (AvgIpc) is 3.18. The molecule has 0 unspecified atom stereocenters. The number of nitrogens with zero attached hydrogens (tertiary/aromatic N) is 1. The molecule has 0 fully saturated rings. The van der Waals surface area contributed by atoms with E-state index >= 15 is 0 Å². The van der Waals surface area contributed by atoms with Gasteiger partial charge in [0.15, 0.2) is 23.0 Å². The Balaban J connectivity index is 1.70. The SMILES string of the molecule is COc1cccc(OC)c1OCc1cc(C(=O)Nc2c(C)cccc2C)no1. The zero-order chi connectivity index (χ0) is 20.1. The third-order valence-electron chi connectivity index (χ3n) is 4.25. The number of aromatic nitrogens is 1. The van der Waals surface area contributed by atoms with Crippen LogP contribution in [0.3, 0.4) is 0 Å². The highest BCUT2D eigenvalue weighted by molar-refractivity contribution is 6.03. The van der Waals surface area contributed by atoms with Crippen LogP contribution >= 0.6 is 0 Å². The minimum absolute atomic E-state index is 0.0698. The van der Waals surface area contributed by atoms with Crippen LogP contribution in [0.25, 0.3) is 0 Å². The van der Waals surface area contributed by atoms with Gasteiger partial charge in [-0.1, -0.05) is 29.4 Å². The summed E-state index contributed by atoms with van der Waals surface area (Å²) in [5.74, 6) is 1.58. The van der Waals surface area contributed by atoms with E-state index < -0.39 is 0 Å². The zero-order valence-electron chi connectivity index (χ0n) is 16.2. The summed E-state index contributed by atoms with van der Waals surface area (Å²) >= 11 is 0. The van der Waals surface area contributed by atoms with Crippen LogP contribution in [0.15, 0.2) is 47.0 Å². The molecule has 1 amide bonds. The van der Waals surface area contributed by atoms with E-state index in [1.807, 2.05) is 32.0 Å². The summed E-state index contributed by atoms with van der Waals surface area (Å²) in [7, 11) is 3.10. The summed E-state index contributed by atoms with van der Waals surface area (Å²) in [4.78, 5) is 12.5. The van der Waals surface area contributed by atoms with Gasteiger partial charge in [-0.2, -0.15) is 0 Å². The van der Waals surface area contributed by atoms with Crippen LogP contribution in [0.1, 0.15) is 27.4 Å². The minimum Gasteiger partial charge on any atom is -0.493 e. The molecule has 1 N–H and O–H groups in total. The highest BCUT2D eigenvalue weighted by atomic mass is 16.5. The van der Waals surface area contributed by atoms with Gasteiger partial charge in [-0.3, -0.25) is 4.79 Å². The molecule has 0 atom stereocenters. The van der Waals surface area contributed by atoms with Gasteiger partial charge in [0.05, 0.1) is 14.2 Å². The molecule has 1 heterocycles. The van der Waals surface area contributed by atoms with Crippen molar-refractivity contribution in [1.82, 2.24) is 5.16 Å². The molecular weight excluding hydrogens is 360 g/mol. The van der Waals surface area contributed by atoms with Gasteiger partial charge in [0.1, 0.15) is 6.61 Å². The number of amides is 1. The number of para-hydroxylation sites is 2. The number of aryl methyl sites for hydroxylation is 2. The summed E-state index contributed by atoms with van der Waals surface area (Å²) in [6, 6.07) is 12.7. The fraction of sp³-hybridized carbons (Fsp3) is 0.238. The maximum atomic E-state index is 12.5. The minimum atomic E-state index is -0.345. The topological polar surface area (TPSA) is 82.8 Å². The predicted octanol–water partition coefficient (Wildman–Crippen LogP) is 4.14. The lowest BCUT2D eigenvalue weighted by molar-refractivity contribution is 0.101. The summed E-state index contributed by atoms with van der Waals surface area (Å²) in [5.41, 5.74) is 2.90. The van der Waals surface area contributed by atoms with Crippen molar-refractivity contribution in [2.24, 2.45) is 0 Å². The van der Waals surface area contributed by atoms with E-state index in [0.29, 0.717) is 23.0 Å². The molecule has 1 aromatic heterocycles. The second-order valence-electron chi connectivity index (χ2n) is 6.18. The quantitative estimate of drug-likeness (QED) is 0.661. The van der Waals surface area contributed by atoms with E-state index in [0.717, 1.165) is 16.8 Å². The number of hydrogen-bond donors (Lipinski definition) is 1. The Bertz CT molecular complexity index is 938. The number of nitrogens with one attached hydrogen (secondary N) is 1. The molecule has 0 radical (unpaired) electrons. The molecule has 0 aliphatic heterocycles. The number of ether oxygens (including phenoxy) is 3. The van der Waals surface area contributed by atoms with Gasteiger partial charge >= 0.3 is 0 Å². The molecule has 3 aromatic rings. The van der Waals surface area contributed by atoms with Gasteiger partial charge in [0, 0.05) is 11.8 Å². The maximum Gasteiger partial charge on any atom is 0.277 e. The van der Waals surface area contributed by atoms with Crippen molar-refractivity contribution < 1.29 is 23.5 Å². The van der Waals surface area contributed by atoms with Crippen molar-refractivity contribution >= 4 is 11.6 Å². The van der Waals surface area contributed by atoms with Gasteiger partial charge in [-0.05, 0) is 37.1 Å². The molecule has 146 valence electrons. The molecule has 0 aliphatic carbocycles. The van der Waals surface area contributed by atoms with Crippen LogP contribution in [-0.2, 0) is 6.61 Å². The molecule has 3 rings (SSSR count). The number of hydrogen-bond acceptors (Lipinski definition) is 6. The standard InChI is InChI=1S/C21H22N2O5/c1-13-7-5-8-14(2)19(13)22-21(24)16-11-15(28-23-16)12-27-20-17(25-3)9-6-10-18(20)26-4/h5-11H,12H2,1-4H3,(H,22,24). The van der Waals surface area contributed by atoms with Crippen molar-refractivity contribution in [3.05, 3.63) is 65.0 Å². The Hall–Kier alpha value is -3.48. The highest BCUT2D eigenvalue weighted by Gasteiger charge is 2.17. The molecule has 0 spiro atoms. The van der Waals surface area contributed by atoms with E-state index in [4.69, 9.17) is 18.7 Å². The third-order valence-corrected chi connectivity index (χ3v) is 4.25. The molecule has 0 saturated carbocycles. The lowest BCUT2D eigenvalue weighted by Gasteiger charge is -2.12. The molecular formula is C21H22N2O5. The zero-order valence-corrected chi connectivity index (χ0v) is 16.2. The number of benzene rings is 2. The monoisotopic (exact) mass is 382 g/mol. The Morgan fingerprint density at radius 3 is 2.25 bits per heavy atom. The number of methoxy groups -OCH3 is 2. The first-order valence-electron chi connectivity index (χ1n) is 8.70. The van der Waals surface area contributed by atoms with Crippen molar-refractivity contribution in [2.45, 2.75) is 20.5 Å². The van der Waals surface area contributed by atoms with Crippen molar-refractivity contribution in [2.75, 3.05) is 19.5 Å². The van der Waals surface area contributed by atoms with Crippen LogP contribution in [0.2, 0.25) is 0 Å². The van der Waals surface area contributed by atoms with Crippen LogP contribution < -0.4 is 19.5 Å². The van der Waals surface area contributed by atoms with E-state index in [2.05, 4.69) is 10.5 Å². The fourth-order valence-electron chi connectivity index (χ4n) is 2.78. The Kier molecular flexibility index (Phi) is 5.84. The van der Waals surface area contributed by atoms with Gasteiger partial charge < -0.3 is 24.1 Å². The molecule has 0 aliphatic rings. The third kappa shape index (κ3) is 4.09. The maximum absolute atomic E-state index is 12.5. The molecule has 7 heteroatoms. The summed E-state index contributed by atoms with van der Waals surface area (Å²) < 4.78 is 21.6. The lowest BCUT2D eigenvalue weighted by Crippen LogP contribution is -2.14. The second kappa shape index (κ2) is 8.47. The Morgan fingerprint density at radius 2 is 1.64 bits per heavy atom. The van der Waals surface area contributed by atoms with Crippen LogP contribution in [0.4, 0.5) is 5.69 Å². The first kappa shape index (κ1) is 19.3. The average molecular weight is 382 g/mol. The largest absolute Gasteiger partial charge is 0.493 e. The number of anilines is 1. The first-order chi connectivity index (χ1) is 13.5. The van der Waals surface area contributed by atoms with E-state index in [1.54, 1.807) is 38.5 Å². The smallest absolute Gasteiger partial charge is 0.277 e. The summed E-state index contributed by atoms with van der Waals surface area (Å²) in [6.45, 7) is 3.94. The van der Waals surface area contributed by atoms with Crippen LogP contribution in [0, 0.1) is 13.8 Å². The van der Waals surface area contributed by atoms with Crippen molar-refractivity contribution in [1.29, 1.82) is 0 Å².